The van der Waals surface area contributed by atoms with Crippen molar-refractivity contribution in [1.82, 2.24) is 14.5 Å². The Labute approximate surface area is 145 Å². The lowest BCUT2D eigenvalue weighted by Crippen LogP contribution is -2.16. The van der Waals surface area contributed by atoms with E-state index < -0.39 is 12.0 Å². The number of aliphatic hydroxyl groups is 1. The van der Waals surface area contributed by atoms with E-state index in [1.54, 1.807) is 10.8 Å². The minimum absolute atomic E-state index is 0.196. The number of nitrogens with zero attached hydrogens (tertiary/aromatic N) is 3. The van der Waals surface area contributed by atoms with Gasteiger partial charge in [0, 0.05) is 24.3 Å². The molecule has 3 rings (SSSR count). The number of imidazole rings is 1. The second kappa shape index (κ2) is 7.76. The average molecular weight is 340 g/mol. The van der Waals surface area contributed by atoms with Crippen molar-refractivity contribution in [1.29, 1.82) is 0 Å². The van der Waals surface area contributed by atoms with Crippen molar-refractivity contribution in [2.75, 3.05) is 6.61 Å². The number of aliphatic hydroxyl groups excluding tert-OH is 1. The molecule has 1 aromatic carbocycles. The topological polar surface area (TPSA) is 103 Å². The molecule has 0 saturated carbocycles. The first-order chi connectivity index (χ1) is 12.1. The van der Waals surface area contributed by atoms with Gasteiger partial charge in [-0.15, -0.1) is 0 Å². The molecule has 2 heterocycles. The van der Waals surface area contributed by atoms with Crippen molar-refractivity contribution in [3.8, 4) is 5.75 Å². The average Bonchev–Trinajstić information content (AvgIpc) is 3.07. The lowest BCUT2D eigenvalue weighted by Gasteiger charge is -2.12. The van der Waals surface area contributed by atoms with Gasteiger partial charge >= 0.3 is 0 Å². The number of rotatable bonds is 8. The minimum atomic E-state index is -0.577. The number of carbonyl (C=O) groups excluding carboxylic acids is 1. The first-order valence-corrected chi connectivity index (χ1v) is 8.09. The van der Waals surface area contributed by atoms with Crippen molar-refractivity contribution in [3.05, 3.63) is 54.7 Å². The molecular weight excluding hydrogens is 320 g/mol. The number of nitrogens with two attached hydrogens (primary N) is 1. The van der Waals surface area contributed by atoms with Crippen LogP contribution in [0, 0.1) is 0 Å². The smallest absolute Gasteiger partial charge is 0.268 e. The molecule has 0 aliphatic carbocycles. The summed E-state index contributed by atoms with van der Waals surface area (Å²) in [6, 6.07) is 9.65. The highest BCUT2D eigenvalue weighted by molar-refractivity contribution is 5.90. The van der Waals surface area contributed by atoms with Crippen LogP contribution in [0.3, 0.4) is 0 Å². The third kappa shape index (κ3) is 4.54. The predicted octanol–water partition coefficient (Wildman–Crippen LogP) is 1.75. The van der Waals surface area contributed by atoms with Crippen LogP contribution in [0.1, 0.15) is 23.3 Å². The van der Waals surface area contributed by atoms with Crippen LogP contribution in [0.4, 0.5) is 0 Å². The maximum Gasteiger partial charge on any atom is 0.268 e. The summed E-state index contributed by atoms with van der Waals surface area (Å²) in [5.41, 5.74) is 6.28. The molecule has 1 atom stereocenters. The largest absolute Gasteiger partial charge is 0.494 e. The minimum Gasteiger partial charge on any atom is -0.494 e. The standard InChI is InChI=1S/C18H20N4O3/c19-18(24)17-11-22(12-21-17)10-14(23)4-2-8-25-15-5-6-16-13(9-15)3-1-7-20-16/h1,3,5-7,9,11-12,14,23H,2,4,8,10H2,(H2,19,24)/t14-/m0/s1. The van der Waals surface area contributed by atoms with Crippen molar-refractivity contribution >= 4 is 16.8 Å². The van der Waals surface area contributed by atoms with E-state index in [-0.39, 0.29) is 5.69 Å². The van der Waals surface area contributed by atoms with Crippen LogP contribution >= 0.6 is 0 Å². The monoisotopic (exact) mass is 340 g/mol. The summed E-state index contributed by atoms with van der Waals surface area (Å²) in [6.45, 7) is 0.876. The Balaban J connectivity index is 1.43. The Morgan fingerprint density at radius 2 is 2.20 bits per heavy atom. The molecule has 0 fully saturated rings. The first kappa shape index (κ1) is 16.9. The fraction of sp³-hybridized carbons (Fsp3) is 0.278. The number of primary amides is 1. The van der Waals surface area contributed by atoms with Gasteiger partial charge in [0.05, 0.1) is 24.6 Å². The van der Waals surface area contributed by atoms with E-state index in [0.717, 1.165) is 16.7 Å². The number of aromatic nitrogens is 3. The van der Waals surface area contributed by atoms with E-state index in [1.165, 1.54) is 12.5 Å². The number of fused-ring (bicyclic) bond motifs is 1. The predicted molar refractivity (Wildman–Crippen MR) is 93.2 cm³/mol. The number of amides is 1. The molecule has 0 saturated heterocycles. The number of carbonyl (C=O) groups is 1. The molecule has 7 heteroatoms. The van der Waals surface area contributed by atoms with Gasteiger partial charge in [-0.2, -0.15) is 0 Å². The van der Waals surface area contributed by atoms with Gasteiger partial charge in [-0.1, -0.05) is 6.07 Å². The van der Waals surface area contributed by atoms with Gasteiger partial charge in [0.1, 0.15) is 11.4 Å². The summed E-state index contributed by atoms with van der Waals surface area (Å²) in [7, 11) is 0. The second-order valence-corrected chi connectivity index (χ2v) is 5.82. The number of hydrogen-bond donors (Lipinski definition) is 2. The van der Waals surface area contributed by atoms with Crippen LogP contribution in [-0.4, -0.2) is 38.3 Å². The van der Waals surface area contributed by atoms with Crippen LogP contribution in [0.15, 0.2) is 49.1 Å². The number of ether oxygens (including phenoxy) is 1. The van der Waals surface area contributed by atoms with E-state index in [1.807, 2.05) is 30.3 Å². The van der Waals surface area contributed by atoms with Gasteiger partial charge in [0.2, 0.25) is 0 Å². The van der Waals surface area contributed by atoms with Gasteiger partial charge in [-0.3, -0.25) is 9.78 Å². The second-order valence-electron chi connectivity index (χ2n) is 5.82. The first-order valence-electron chi connectivity index (χ1n) is 8.09. The molecule has 0 aliphatic rings. The zero-order valence-corrected chi connectivity index (χ0v) is 13.7. The Bertz CT molecular complexity index is 862. The van der Waals surface area contributed by atoms with Gasteiger partial charge in [-0.05, 0) is 37.1 Å². The normalized spacial score (nSPS) is 12.2. The molecule has 7 nitrogen and oxygen atoms in total. The van der Waals surface area contributed by atoms with Gasteiger partial charge in [0.25, 0.3) is 5.91 Å². The summed E-state index contributed by atoms with van der Waals surface area (Å²) >= 11 is 0. The molecular formula is C18H20N4O3. The van der Waals surface area contributed by atoms with Crippen molar-refractivity contribution in [2.45, 2.75) is 25.5 Å². The molecule has 0 radical (unpaired) electrons. The summed E-state index contributed by atoms with van der Waals surface area (Å²) in [4.78, 5) is 19.1. The number of benzene rings is 1. The third-order valence-corrected chi connectivity index (χ3v) is 3.83. The molecule has 3 N–H and O–H groups in total. The van der Waals surface area contributed by atoms with Crippen LogP contribution in [0.5, 0.6) is 5.75 Å². The molecule has 25 heavy (non-hydrogen) atoms. The van der Waals surface area contributed by atoms with Crippen molar-refractivity contribution in [3.63, 3.8) is 0 Å². The molecule has 3 aromatic rings. The van der Waals surface area contributed by atoms with Gasteiger partial charge in [-0.25, -0.2) is 4.98 Å². The van der Waals surface area contributed by atoms with Crippen LogP contribution < -0.4 is 10.5 Å². The lowest BCUT2D eigenvalue weighted by atomic mass is 10.2. The fourth-order valence-corrected chi connectivity index (χ4v) is 2.57. The molecule has 1 amide bonds. The van der Waals surface area contributed by atoms with E-state index >= 15 is 0 Å². The zero-order valence-electron chi connectivity index (χ0n) is 13.7. The van der Waals surface area contributed by atoms with Gasteiger partial charge < -0.3 is 20.1 Å². The quantitative estimate of drug-likeness (QED) is 0.608. The zero-order chi connectivity index (χ0) is 17.6. The Hall–Kier alpha value is -2.93. The van der Waals surface area contributed by atoms with Crippen LogP contribution in [0.2, 0.25) is 0 Å². The molecule has 0 bridgehead atoms. The summed E-state index contributed by atoms with van der Waals surface area (Å²) in [5.74, 6) is 0.211. The maximum atomic E-state index is 11.0. The Kier molecular flexibility index (Phi) is 5.25. The summed E-state index contributed by atoms with van der Waals surface area (Å²) in [6.07, 6.45) is 5.53. The van der Waals surface area contributed by atoms with Crippen molar-refractivity contribution in [2.24, 2.45) is 5.73 Å². The number of hydrogen-bond acceptors (Lipinski definition) is 5. The highest BCUT2D eigenvalue weighted by Gasteiger charge is 2.09. The maximum absolute atomic E-state index is 11.0. The molecule has 130 valence electrons. The highest BCUT2D eigenvalue weighted by Crippen LogP contribution is 2.19. The summed E-state index contributed by atoms with van der Waals surface area (Å²) < 4.78 is 7.39. The van der Waals surface area contributed by atoms with Gasteiger partial charge in [0.15, 0.2) is 0 Å². The lowest BCUT2D eigenvalue weighted by molar-refractivity contribution is 0.0995. The van der Waals surface area contributed by atoms with E-state index in [0.29, 0.717) is 26.0 Å². The van der Waals surface area contributed by atoms with E-state index in [9.17, 15) is 9.90 Å². The van der Waals surface area contributed by atoms with Crippen LogP contribution in [0.25, 0.3) is 10.9 Å². The molecule has 0 unspecified atom stereocenters. The fourth-order valence-electron chi connectivity index (χ4n) is 2.57. The molecule has 0 aliphatic heterocycles. The Morgan fingerprint density at radius 3 is 3.00 bits per heavy atom. The van der Waals surface area contributed by atoms with E-state index in [4.69, 9.17) is 10.5 Å². The van der Waals surface area contributed by atoms with Crippen LogP contribution in [-0.2, 0) is 6.54 Å². The molecule has 0 spiro atoms. The third-order valence-electron chi connectivity index (χ3n) is 3.83. The summed E-state index contributed by atoms with van der Waals surface area (Å²) in [5, 5.41) is 11.1. The van der Waals surface area contributed by atoms with Crippen molar-refractivity contribution < 1.29 is 14.6 Å². The SMILES string of the molecule is NC(=O)c1cn(C[C@@H](O)CCCOc2ccc3ncccc3c2)cn1. The highest BCUT2D eigenvalue weighted by atomic mass is 16.5. The van der Waals surface area contributed by atoms with E-state index in [2.05, 4.69) is 9.97 Å². The Morgan fingerprint density at radius 1 is 1.32 bits per heavy atom. The number of pyridine rings is 1. The molecule has 2 aromatic heterocycles.